The number of rotatable bonds is 8. The molecule has 1 atom stereocenters. The first-order valence-corrected chi connectivity index (χ1v) is 9.10. The maximum Gasteiger partial charge on any atom is 0.306 e. The van der Waals surface area contributed by atoms with Crippen LogP contribution in [0.1, 0.15) is 46.4 Å². The van der Waals surface area contributed by atoms with Gasteiger partial charge in [-0.05, 0) is 38.5 Å². The molecular weight excluding hydrogens is 360 g/mol. The Morgan fingerprint density at radius 2 is 1.96 bits per heavy atom. The molecule has 28 heavy (non-hydrogen) atoms. The molecule has 0 unspecified atom stereocenters. The molecule has 0 fully saturated rings. The Balaban J connectivity index is 1.49. The first-order valence-electron chi connectivity index (χ1n) is 9.10. The van der Waals surface area contributed by atoms with Crippen molar-refractivity contribution in [2.75, 3.05) is 6.54 Å². The van der Waals surface area contributed by atoms with E-state index < -0.39 is 12.1 Å². The summed E-state index contributed by atoms with van der Waals surface area (Å²) < 4.78 is 10.3. The fraction of sp³-hybridized carbons (Fsp3) is 0.286. The van der Waals surface area contributed by atoms with Gasteiger partial charge in [-0.1, -0.05) is 18.2 Å². The number of ketones is 1. The molecule has 2 aromatic heterocycles. The number of hydrogen-bond acceptors (Lipinski definition) is 5. The van der Waals surface area contributed by atoms with Gasteiger partial charge in [0.15, 0.2) is 11.9 Å². The summed E-state index contributed by atoms with van der Waals surface area (Å²) in [6.07, 6.45) is 1.03. The third kappa shape index (κ3) is 4.31. The van der Waals surface area contributed by atoms with Gasteiger partial charge in [0, 0.05) is 35.1 Å². The molecule has 146 valence electrons. The van der Waals surface area contributed by atoms with Gasteiger partial charge in [0.1, 0.15) is 0 Å². The second-order valence-corrected chi connectivity index (χ2v) is 6.50. The number of amides is 1. The van der Waals surface area contributed by atoms with E-state index in [1.807, 2.05) is 31.2 Å². The molecule has 0 aliphatic heterocycles. The number of Topliss-reactive ketones (excluding diaryl/α,β-unsaturated/α-hetero) is 1. The highest BCUT2D eigenvalue weighted by atomic mass is 16.5. The van der Waals surface area contributed by atoms with Crippen LogP contribution in [0.3, 0.4) is 0 Å². The fourth-order valence-electron chi connectivity index (χ4n) is 3.04. The third-order valence-electron chi connectivity index (χ3n) is 4.41. The van der Waals surface area contributed by atoms with Crippen LogP contribution < -0.4 is 5.32 Å². The normalized spacial score (nSPS) is 11.9. The molecule has 0 bridgehead atoms. The van der Waals surface area contributed by atoms with Crippen molar-refractivity contribution in [3.8, 4) is 0 Å². The molecule has 7 nitrogen and oxygen atoms in total. The maximum atomic E-state index is 12.8. The van der Waals surface area contributed by atoms with Crippen LogP contribution in [0.5, 0.6) is 0 Å². The number of aromatic amines is 1. The Labute approximate surface area is 162 Å². The molecule has 3 rings (SSSR count). The molecule has 2 N–H and O–H groups in total. The van der Waals surface area contributed by atoms with Crippen LogP contribution in [-0.4, -0.2) is 35.3 Å². The van der Waals surface area contributed by atoms with E-state index in [0.717, 1.165) is 16.6 Å². The number of carbonyl (C=O) groups is 3. The van der Waals surface area contributed by atoms with E-state index in [9.17, 15) is 14.4 Å². The van der Waals surface area contributed by atoms with Gasteiger partial charge in [0.2, 0.25) is 5.78 Å². The van der Waals surface area contributed by atoms with Crippen LogP contribution in [0.4, 0.5) is 0 Å². The van der Waals surface area contributed by atoms with E-state index in [4.69, 9.17) is 9.15 Å². The van der Waals surface area contributed by atoms with Crippen LogP contribution in [0.2, 0.25) is 0 Å². The number of nitrogens with one attached hydrogen (secondary N) is 2. The predicted molar refractivity (Wildman–Crippen MR) is 103 cm³/mol. The van der Waals surface area contributed by atoms with E-state index in [1.165, 1.54) is 6.26 Å². The van der Waals surface area contributed by atoms with Crippen LogP contribution in [-0.2, 0) is 9.53 Å². The van der Waals surface area contributed by atoms with E-state index in [0.29, 0.717) is 18.5 Å². The summed E-state index contributed by atoms with van der Waals surface area (Å²) in [6.45, 7) is 3.70. The zero-order valence-corrected chi connectivity index (χ0v) is 15.8. The summed E-state index contributed by atoms with van der Waals surface area (Å²) >= 11 is 0. The van der Waals surface area contributed by atoms with Crippen molar-refractivity contribution in [2.24, 2.45) is 0 Å². The van der Waals surface area contributed by atoms with Gasteiger partial charge in [-0.15, -0.1) is 0 Å². The number of hydrogen-bond donors (Lipinski definition) is 2. The minimum absolute atomic E-state index is 0.100. The van der Waals surface area contributed by atoms with Crippen molar-refractivity contribution < 1.29 is 23.5 Å². The summed E-state index contributed by atoms with van der Waals surface area (Å²) in [5, 5.41) is 3.47. The Kier molecular flexibility index (Phi) is 5.93. The summed E-state index contributed by atoms with van der Waals surface area (Å²) in [6, 6.07) is 10.7. The minimum Gasteiger partial charge on any atom is -0.459 e. The molecule has 2 heterocycles. The van der Waals surface area contributed by atoms with Gasteiger partial charge in [0.25, 0.3) is 5.91 Å². The highest BCUT2D eigenvalue weighted by Crippen LogP contribution is 2.23. The first kappa shape index (κ1) is 19.4. The number of aromatic nitrogens is 1. The third-order valence-corrected chi connectivity index (χ3v) is 4.41. The van der Waals surface area contributed by atoms with Crippen molar-refractivity contribution in [2.45, 2.75) is 32.8 Å². The SMILES string of the molecule is Cc1[nH]c2ccccc2c1C(=O)[C@@H](C)OC(=O)CCCNC(=O)c1ccco1. The van der Waals surface area contributed by atoms with E-state index >= 15 is 0 Å². The zero-order chi connectivity index (χ0) is 20.1. The summed E-state index contributed by atoms with van der Waals surface area (Å²) in [4.78, 5) is 39.7. The molecule has 0 saturated heterocycles. The lowest BCUT2D eigenvalue weighted by Gasteiger charge is -2.12. The quantitative estimate of drug-likeness (QED) is 0.353. The molecule has 3 aromatic rings. The predicted octanol–water partition coefficient (Wildman–Crippen LogP) is 3.39. The van der Waals surface area contributed by atoms with Gasteiger partial charge in [-0.25, -0.2) is 0 Å². The molecule has 0 spiro atoms. The van der Waals surface area contributed by atoms with Gasteiger partial charge < -0.3 is 19.5 Å². The first-order chi connectivity index (χ1) is 13.5. The monoisotopic (exact) mass is 382 g/mol. The maximum absolute atomic E-state index is 12.8. The summed E-state index contributed by atoms with van der Waals surface area (Å²) in [7, 11) is 0. The van der Waals surface area contributed by atoms with Crippen LogP contribution in [0.15, 0.2) is 47.1 Å². The highest BCUT2D eigenvalue weighted by Gasteiger charge is 2.24. The van der Waals surface area contributed by atoms with E-state index in [2.05, 4.69) is 10.3 Å². The van der Waals surface area contributed by atoms with Crippen molar-refractivity contribution in [1.82, 2.24) is 10.3 Å². The van der Waals surface area contributed by atoms with Crippen LogP contribution in [0.25, 0.3) is 10.9 Å². The Hall–Kier alpha value is -3.35. The number of fused-ring (bicyclic) bond motifs is 1. The number of esters is 1. The smallest absolute Gasteiger partial charge is 0.306 e. The molecular formula is C21H22N2O5. The molecule has 7 heteroatoms. The van der Waals surface area contributed by atoms with E-state index in [1.54, 1.807) is 19.1 Å². The topological polar surface area (TPSA) is 101 Å². The van der Waals surface area contributed by atoms with Crippen molar-refractivity contribution in [1.29, 1.82) is 0 Å². The average Bonchev–Trinajstić information content (AvgIpc) is 3.31. The number of para-hydroxylation sites is 1. The van der Waals surface area contributed by atoms with Crippen molar-refractivity contribution in [3.63, 3.8) is 0 Å². The second-order valence-electron chi connectivity index (χ2n) is 6.50. The highest BCUT2D eigenvalue weighted by molar-refractivity contribution is 6.11. The van der Waals surface area contributed by atoms with Crippen molar-refractivity contribution in [3.05, 3.63) is 59.7 Å². The van der Waals surface area contributed by atoms with Gasteiger partial charge in [0.05, 0.1) is 6.26 Å². The van der Waals surface area contributed by atoms with Gasteiger partial charge in [-0.2, -0.15) is 0 Å². The molecule has 1 aromatic carbocycles. The number of H-pyrrole nitrogens is 1. The summed E-state index contributed by atoms with van der Waals surface area (Å²) in [5.74, 6) is -0.840. The number of benzene rings is 1. The lowest BCUT2D eigenvalue weighted by atomic mass is 10.0. The largest absolute Gasteiger partial charge is 0.459 e. The average molecular weight is 382 g/mol. The standard InChI is InChI=1S/C21H22N2O5/c1-13-19(15-7-3-4-8-16(15)23-13)20(25)14(2)28-18(24)10-5-11-22-21(26)17-9-6-12-27-17/h3-4,6-9,12,14,23H,5,10-11H2,1-2H3,(H,22,26)/t14-/m1/s1. The Morgan fingerprint density at radius 1 is 1.18 bits per heavy atom. The molecule has 0 saturated carbocycles. The van der Waals surface area contributed by atoms with Gasteiger partial charge in [-0.3, -0.25) is 14.4 Å². The number of furan rings is 1. The molecule has 1 amide bonds. The number of carbonyl (C=O) groups excluding carboxylic acids is 3. The summed E-state index contributed by atoms with van der Waals surface area (Å²) in [5.41, 5.74) is 2.16. The van der Waals surface area contributed by atoms with Gasteiger partial charge >= 0.3 is 5.97 Å². The number of aryl methyl sites for hydroxylation is 1. The fourth-order valence-corrected chi connectivity index (χ4v) is 3.04. The van der Waals surface area contributed by atoms with Crippen LogP contribution >= 0.6 is 0 Å². The Morgan fingerprint density at radius 3 is 2.71 bits per heavy atom. The minimum atomic E-state index is -0.886. The van der Waals surface area contributed by atoms with E-state index in [-0.39, 0.29) is 23.9 Å². The molecule has 0 radical (unpaired) electrons. The number of ether oxygens (including phenoxy) is 1. The lowest BCUT2D eigenvalue weighted by Crippen LogP contribution is -2.27. The lowest BCUT2D eigenvalue weighted by molar-refractivity contribution is -0.146. The zero-order valence-electron chi connectivity index (χ0n) is 15.8. The second kappa shape index (κ2) is 8.56. The van der Waals surface area contributed by atoms with Crippen molar-refractivity contribution >= 4 is 28.6 Å². The molecule has 0 aliphatic carbocycles. The molecule has 0 aliphatic rings. The Bertz CT molecular complexity index is 988. The van der Waals surface area contributed by atoms with Crippen LogP contribution in [0, 0.1) is 6.92 Å².